The number of fused-ring (bicyclic) bond motifs is 1. The van der Waals surface area contributed by atoms with E-state index < -0.39 is 11.6 Å². The number of amides is 2. The fourth-order valence-corrected chi connectivity index (χ4v) is 4.73. The average Bonchev–Trinajstić information content (AvgIpc) is 3.55. The highest BCUT2D eigenvalue weighted by Gasteiger charge is 2.34. The maximum Gasteiger partial charge on any atom is 0.247 e. The van der Waals surface area contributed by atoms with Crippen LogP contribution < -0.4 is 10.1 Å². The predicted octanol–water partition coefficient (Wildman–Crippen LogP) is 4.97. The van der Waals surface area contributed by atoms with Gasteiger partial charge in [-0.25, -0.2) is 4.68 Å². The highest BCUT2D eigenvalue weighted by atomic mass is 32.1. The average molecular weight is 520 g/mol. The normalized spacial score (nSPS) is 12.3. The fourth-order valence-electron chi connectivity index (χ4n) is 4.02. The summed E-state index contributed by atoms with van der Waals surface area (Å²) in [6.45, 7) is 8.71. The molecule has 4 rings (SSSR count). The molecule has 0 fully saturated rings. The second-order valence-corrected chi connectivity index (χ2v) is 10.5. The van der Waals surface area contributed by atoms with Gasteiger partial charge in [-0.1, -0.05) is 42.5 Å². The van der Waals surface area contributed by atoms with Gasteiger partial charge in [0.05, 0.1) is 18.7 Å². The van der Waals surface area contributed by atoms with Crippen LogP contribution in [0.4, 0.5) is 0 Å². The molecule has 1 atom stereocenters. The van der Waals surface area contributed by atoms with Gasteiger partial charge in [0.2, 0.25) is 11.8 Å². The molecule has 0 saturated heterocycles. The lowest BCUT2D eigenvalue weighted by Crippen LogP contribution is -2.50. The molecule has 0 spiro atoms. The molecule has 8 nitrogen and oxygen atoms in total. The number of carbonyl (C=O) groups is 2. The van der Waals surface area contributed by atoms with E-state index in [2.05, 4.69) is 15.6 Å². The first-order valence-electron chi connectivity index (χ1n) is 12.5. The summed E-state index contributed by atoms with van der Waals surface area (Å²) in [5.41, 5.74) is 1.76. The lowest BCUT2D eigenvalue weighted by molar-refractivity contribution is -0.142. The van der Waals surface area contributed by atoms with Crippen molar-refractivity contribution in [3.8, 4) is 5.75 Å². The predicted molar refractivity (Wildman–Crippen MR) is 145 cm³/mol. The number of aromatic nitrogens is 3. The largest absolute Gasteiger partial charge is 0.494 e. The van der Waals surface area contributed by atoms with Crippen LogP contribution in [0.5, 0.6) is 5.75 Å². The van der Waals surface area contributed by atoms with Crippen molar-refractivity contribution in [2.75, 3.05) is 6.61 Å². The van der Waals surface area contributed by atoms with Gasteiger partial charge in [-0.05, 0) is 68.5 Å². The molecule has 194 valence electrons. The van der Waals surface area contributed by atoms with Crippen molar-refractivity contribution in [3.63, 3.8) is 0 Å². The molecule has 1 N–H and O–H groups in total. The lowest BCUT2D eigenvalue weighted by Gasteiger charge is -2.34. The van der Waals surface area contributed by atoms with Crippen LogP contribution in [0.1, 0.15) is 50.6 Å². The molecular formula is C28H33N5O3S. The fraction of sp³-hybridized carbons (Fsp3) is 0.357. The first-order valence-corrected chi connectivity index (χ1v) is 13.3. The zero-order valence-electron chi connectivity index (χ0n) is 21.7. The third kappa shape index (κ3) is 6.35. The SMILES string of the molecule is CCOc1ccc([C@H](C(=O)NC(C)(C)CC)N(Cc2cccs2)C(=O)Cn2nnc3ccccc32)cc1. The minimum absolute atomic E-state index is 0.0378. The van der Waals surface area contributed by atoms with Crippen LogP contribution in [-0.4, -0.2) is 43.9 Å². The quantitative estimate of drug-likeness (QED) is 0.302. The van der Waals surface area contributed by atoms with E-state index in [0.29, 0.717) is 30.0 Å². The van der Waals surface area contributed by atoms with Crippen molar-refractivity contribution in [3.05, 3.63) is 76.5 Å². The highest BCUT2D eigenvalue weighted by Crippen LogP contribution is 2.28. The standard InChI is InChI=1S/C28H33N5O3S/c1-5-28(3,4)29-27(35)26(20-13-15-21(16-14-20)36-6-2)32(18-22-10-9-17-37-22)25(34)19-33-24-12-8-7-11-23(24)30-31-33/h7-17,26H,5-6,18-19H2,1-4H3,(H,29,35)/t26-/m1/s1. The monoisotopic (exact) mass is 519 g/mol. The highest BCUT2D eigenvalue weighted by molar-refractivity contribution is 7.09. The topological polar surface area (TPSA) is 89.4 Å². The summed E-state index contributed by atoms with van der Waals surface area (Å²) in [7, 11) is 0. The molecule has 0 radical (unpaired) electrons. The summed E-state index contributed by atoms with van der Waals surface area (Å²) >= 11 is 1.55. The van der Waals surface area contributed by atoms with Crippen molar-refractivity contribution >= 4 is 34.2 Å². The molecule has 2 aromatic heterocycles. The Balaban J connectivity index is 1.73. The van der Waals surface area contributed by atoms with Gasteiger partial charge in [0, 0.05) is 10.4 Å². The van der Waals surface area contributed by atoms with E-state index in [1.165, 1.54) is 0 Å². The second-order valence-electron chi connectivity index (χ2n) is 9.47. The Labute approximate surface area is 221 Å². The van der Waals surface area contributed by atoms with Gasteiger partial charge in [-0.3, -0.25) is 9.59 Å². The van der Waals surface area contributed by atoms with Crippen LogP contribution in [0, 0.1) is 0 Å². The molecule has 0 saturated carbocycles. The third-order valence-electron chi connectivity index (χ3n) is 6.34. The van der Waals surface area contributed by atoms with Crippen LogP contribution >= 0.6 is 11.3 Å². The summed E-state index contributed by atoms with van der Waals surface area (Å²) in [5, 5.41) is 13.5. The second kappa shape index (κ2) is 11.6. The van der Waals surface area contributed by atoms with Gasteiger partial charge >= 0.3 is 0 Å². The Bertz CT molecular complexity index is 1330. The van der Waals surface area contributed by atoms with Crippen LogP contribution in [0.2, 0.25) is 0 Å². The van der Waals surface area contributed by atoms with E-state index in [0.717, 1.165) is 16.8 Å². The number of carbonyl (C=O) groups excluding carboxylic acids is 2. The summed E-state index contributed by atoms with van der Waals surface area (Å²) in [6.07, 6.45) is 0.749. The van der Waals surface area contributed by atoms with E-state index >= 15 is 0 Å². The Morgan fingerprint density at radius 1 is 1.08 bits per heavy atom. The summed E-state index contributed by atoms with van der Waals surface area (Å²) in [6, 6.07) is 18.0. The first kappa shape index (κ1) is 26.3. The van der Waals surface area contributed by atoms with Gasteiger partial charge in [-0.2, -0.15) is 0 Å². The number of hydrogen-bond donors (Lipinski definition) is 1. The summed E-state index contributed by atoms with van der Waals surface area (Å²) < 4.78 is 7.19. The van der Waals surface area contributed by atoms with Crippen molar-refractivity contribution in [1.29, 1.82) is 0 Å². The summed E-state index contributed by atoms with van der Waals surface area (Å²) in [4.78, 5) is 30.4. The van der Waals surface area contributed by atoms with Crippen molar-refractivity contribution in [2.45, 2.75) is 58.8 Å². The Morgan fingerprint density at radius 3 is 2.51 bits per heavy atom. The molecule has 0 aliphatic rings. The number of nitrogens with zero attached hydrogens (tertiary/aromatic N) is 4. The van der Waals surface area contributed by atoms with Crippen LogP contribution in [0.25, 0.3) is 11.0 Å². The summed E-state index contributed by atoms with van der Waals surface area (Å²) in [5.74, 6) is 0.251. The van der Waals surface area contributed by atoms with Gasteiger partial charge < -0.3 is 15.0 Å². The molecule has 0 bridgehead atoms. The number of ether oxygens (including phenoxy) is 1. The number of para-hydroxylation sites is 1. The molecule has 0 unspecified atom stereocenters. The maximum absolute atomic E-state index is 13.9. The molecule has 2 aromatic carbocycles. The number of nitrogens with one attached hydrogen (secondary N) is 1. The van der Waals surface area contributed by atoms with Gasteiger partial charge in [0.25, 0.3) is 0 Å². The molecule has 9 heteroatoms. The third-order valence-corrected chi connectivity index (χ3v) is 7.21. The van der Waals surface area contributed by atoms with E-state index in [4.69, 9.17) is 4.74 Å². The zero-order chi connectivity index (χ0) is 26.4. The minimum Gasteiger partial charge on any atom is -0.494 e. The van der Waals surface area contributed by atoms with Gasteiger partial charge in [-0.15, -0.1) is 16.4 Å². The molecule has 2 heterocycles. The van der Waals surface area contributed by atoms with E-state index in [9.17, 15) is 9.59 Å². The Morgan fingerprint density at radius 2 is 1.84 bits per heavy atom. The lowest BCUT2D eigenvalue weighted by atomic mass is 9.98. The first-order chi connectivity index (χ1) is 17.8. The van der Waals surface area contributed by atoms with Crippen LogP contribution in [-0.2, 0) is 22.7 Å². The maximum atomic E-state index is 13.9. The molecule has 37 heavy (non-hydrogen) atoms. The van der Waals surface area contributed by atoms with Gasteiger partial charge in [0.15, 0.2) is 0 Å². The smallest absolute Gasteiger partial charge is 0.247 e. The Kier molecular flexibility index (Phi) is 8.23. The van der Waals surface area contributed by atoms with E-state index in [1.54, 1.807) is 20.9 Å². The molecule has 4 aromatic rings. The number of hydrogen-bond acceptors (Lipinski definition) is 6. The molecule has 0 aliphatic heterocycles. The van der Waals surface area contributed by atoms with Crippen molar-refractivity contribution < 1.29 is 14.3 Å². The number of benzene rings is 2. The molecule has 2 amide bonds. The van der Waals surface area contributed by atoms with Gasteiger partial charge in [0.1, 0.15) is 23.9 Å². The number of thiophene rings is 1. The minimum atomic E-state index is -0.842. The zero-order valence-corrected chi connectivity index (χ0v) is 22.5. The van der Waals surface area contributed by atoms with Crippen molar-refractivity contribution in [1.82, 2.24) is 25.2 Å². The molecule has 0 aliphatic carbocycles. The number of rotatable bonds is 11. The van der Waals surface area contributed by atoms with Crippen molar-refractivity contribution in [2.24, 2.45) is 0 Å². The van der Waals surface area contributed by atoms with E-state index in [-0.39, 0.29) is 18.4 Å². The molecular weight excluding hydrogens is 486 g/mol. The van der Waals surface area contributed by atoms with Crippen LogP contribution in [0.3, 0.4) is 0 Å². The van der Waals surface area contributed by atoms with E-state index in [1.807, 2.05) is 93.7 Å². The Hall–Kier alpha value is -3.72. The van der Waals surface area contributed by atoms with Crippen LogP contribution in [0.15, 0.2) is 66.0 Å².